The first-order valence-corrected chi connectivity index (χ1v) is 10.4. The van der Waals surface area contributed by atoms with E-state index in [0.717, 1.165) is 28.0 Å². The molecule has 1 saturated heterocycles. The zero-order chi connectivity index (χ0) is 19.7. The summed E-state index contributed by atoms with van der Waals surface area (Å²) in [6.45, 7) is 4.28. The molecule has 0 bridgehead atoms. The Morgan fingerprint density at radius 1 is 1.21 bits per heavy atom. The van der Waals surface area contributed by atoms with Crippen molar-refractivity contribution in [1.82, 2.24) is 25.1 Å². The Morgan fingerprint density at radius 3 is 2.86 bits per heavy atom. The molecule has 1 aliphatic rings. The summed E-state index contributed by atoms with van der Waals surface area (Å²) >= 11 is 2.79. The summed E-state index contributed by atoms with van der Waals surface area (Å²) in [5, 5.41) is 10.4. The second kappa shape index (κ2) is 7.76. The summed E-state index contributed by atoms with van der Waals surface area (Å²) in [6.07, 6.45) is 6.02. The number of hydrogen-bond donors (Lipinski definition) is 0. The first kappa shape index (κ1) is 18.7. The van der Waals surface area contributed by atoms with Crippen molar-refractivity contribution in [2.24, 2.45) is 10.9 Å². The Bertz CT molecular complexity index is 1100. The fourth-order valence-electron chi connectivity index (χ4n) is 2.73. The van der Waals surface area contributed by atoms with E-state index in [-0.39, 0.29) is 5.91 Å². The molecular formula is C19H18N6OS2. The number of aliphatic imine (C=N–C) groups is 1. The molecule has 0 aliphatic carbocycles. The second-order valence-corrected chi connectivity index (χ2v) is 8.77. The van der Waals surface area contributed by atoms with Crippen LogP contribution in [0.15, 0.2) is 40.5 Å². The molecule has 1 amide bonds. The lowest BCUT2D eigenvalue weighted by atomic mass is 10.1. The van der Waals surface area contributed by atoms with Gasteiger partial charge in [-0.3, -0.25) is 19.7 Å². The number of amidine groups is 1. The van der Waals surface area contributed by atoms with Crippen LogP contribution >= 0.6 is 23.1 Å². The highest BCUT2D eigenvalue weighted by Gasteiger charge is 2.31. The number of carbonyl (C=O) groups is 1. The molecule has 9 heteroatoms. The molecule has 2 aromatic heterocycles. The minimum absolute atomic E-state index is 0.100. The van der Waals surface area contributed by atoms with E-state index >= 15 is 0 Å². The Morgan fingerprint density at radius 2 is 2.04 bits per heavy atom. The third-order valence-electron chi connectivity index (χ3n) is 4.05. The predicted octanol–water partition coefficient (Wildman–Crippen LogP) is 3.91. The zero-order valence-electron chi connectivity index (χ0n) is 15.7. The summed E-state index contributed by atoms with van der Waals surface area (Å²) in [7, 11) is 1.72. The van der Waals surface area contributed by atoms with Gasteiger partial charge in [0.25, 0.3) is 5.91 Å². The van der Waals surface area contributed by atoms with Crippen molar-refractivity contribution in [3.05, 3.63) is 46.1 Å². The standard InChI is InChI=1S/C19H18N6OS2/c1-11(2)9-15-23-24-18(28-15)22-19-25(3)17(26)14(27-19)10-12-5-4-6-13-16(12)21-8-7-20-13/h4-8,10-11H,9H2,1-3H3/b14-10-,22-19+. The lowest BCUT2D eigenvalue weighted by molar-refractivity contribution is -0.121. The van der Waals surface area contributed by atoms with Gasteiger partial charge in [0.15, 0.2) is 5.17 Å². The highest BCUT2D eigenvalue weighted by atomic mass is 32.2. The molecule has 0 unspecified atom stereocenters. The molecule has 4 rings (SSSR count). The average Bonchev–Trinajstić information content (AvgIpc) is 3.21. The normalized spacial score (nSPS) is 17.6. The topological polar surface area (TPSA) is 84.2 Å². The summed E-state index contributed by atoms with van der Waals surface area (Å²) < 4.78 is 0. The van der Waals surface area contributed by atoms with Gasteiger partial charge >= 0.3 is 0 Å². The fraction of sp³-hybridized carbons (Fsp3) is 0.263. The summed E-state index contributed by atoms with van der Waals surface area (Å²) in [4.78, 5) is 28.0. The van der Waals surface area contributed by atoms with E-state index in [1.54, 1.807) is 19.4 Å². The lowest BCUT2D eigenvalue weighted by Gasteiger charge is -2.05. The number of thioether (sulfide) groups is 1. The molecule has 0 N–H and O–H groups in total. The molecule has 142 valence electrons. The van der Waals surface area contributed by atoms with Crippen molar-refractivity contribution < 1.29 is 4.79 Å². The molecule has 28 heavy (non-hydrogen) atoms. The number of aromatic nitrogens is 4. The minimum Gasteiger partial charge on any atom is -0.289 e. The van der Waals surface area contributed by atoms with Gasteiger partial charge in [0.05, 0.1) is 15.9 Å². The minimum atomic E-state index is -0.100. The molecule has 0 saturated carbocycles. The molecular weight excluding hydrogens is 392 g/mol. The number of fused-ring (bicyclic) bond motifs is 1. The molecule has 3 aromatic rings. The van der Waals surface area contributed by atoms with Gasteiger partial charge < -0.3 is 0 Å². The Labute approximate surface area is 170 Å². The number of nitrogens with zero attached hydrogens (tertiary/aromatic N) is 6. The third-order valence-corrected chi connectivity index (χ3v) is 5.95. The van der Waals surface area contributed by atoms with Crippen LogP contribution in [0.4, 0.5) is 5.13 Å². The number of benzene rings is 1. The second-order valence-electron chi connectivity index (χ2n) is 6.72. The molecule has 3 heterocycles. The first-order chi connectivity index (χ1) is 13.5. The van der Waals surface area contributed by atoms with Crippen LogP contribution in [0.5, 0.6) is 0 Å². The van der Waals surface area contributed by atoms with E-state index in [4.69, 9.17) is 0 Å². The Hall–Kier alpha value is -2.65. The molecule has 1 aliphatic heterocycles. The number of hydrogen-bond acceptors (Lipinski definition) is 8. The summed E-state index contributed by atoms with van der Waals surface area (Å²) in [5.74, 6) is 0.411. The number of rotatable bonds is 4. The van der Waals surface area contributed by atoms with Crippen molar-refractivity contribution in [2.45, 2.75) is 20.3 Å². The number of para-hydroxylation sites is 1. The van der Waals surface area contributed by atoms with Gasteiger partial charge in [-0.15, -0.1) is 10.2 Å². The predicted molar refractivity (Wildman–Crippen MR) is 113 cm³/mol. The maximum atomic E-state index is 12.7. The van der Waals surface area contributed by atoms with Crippen molar-refractivity contribution in [1.29, 1.82) is 0 Å². The van der Waals surface area contributed by atoms with Gasteiger partial charge in [0, 0.05) is 31.4 Å². The van der Waals surface area contributed by atoms with Gasteiger partial charge in [0.2, 0.25) is 5.13 Å². The summed E-state index contributed by atoms with van der Waals surface area (Å²) in [6, 6.07) is 5.73. The van der Waals surface area contributed by atoms with E-state index in [1.807, 2.05) is 24.3 Å². The van der Waals surface area contributed by atoms with E-state index in [0.29, 0.717) is 21.1 Å². The van der Waals surface area contributed by atoms with Crippen LogP contribution in [0, 0.1) is 5.92 Å². The Kier molecular flexibility index (Phi) is 5.19. The smallest absolute Gasteiger partial charge is 0.266 e. The van der Waals surface area contributed by atoms with Crippen molar-refractivity contribution in [3.8, 4) is 0 Å². The van der Waals surface area contributed by atoms with E-state index in [1.165, 1.54) is 28.0 Å². The third kappa shape index (κ3) is 3.81. The van der Waals surface area contributed by atoms with Crippen LogP contribution in [-0.4, -0.2) is 43.2 Å². The monoisotopic (exact) mass is 410 g/mol. The lowest BCUT2D eigenvalue weighted by Crippen LogP contribution is -2.23. The number of carbonyl (C=O) groups excluding carboxylic acids is 1. The van der Waals surface area contributed by atoms with E-state index < -0.39 is 0 Å². The maximum absolute atomic E-state index is 12.7. The van der Waals surface area contributed by atoms with Crippen LogP contribution in [0.25, 0.3) is 17.1 Å². The molecule has 0 atom stereocenters. The molecule has 1 fully saturated rings. The van der Waals surface area contributed by atoms with Gasteiger partial charge in [-0.05, 0) is 29.8 Å². The van der Waals surface area contributed by atoms with Gasteiger partial charge in [-0.2, -0.15) is 4.99 Å². The highest BCUT2D eigenvalue weighted by Crippen LogP contribution is 2.34. The number of amides is 1. The van der Waals surface area contributed by atoms with Gasteiger partial charge in [-0.25, -0.2) is 0 Å². The SMILES string of the molecule is CC(C)Cc1nnc(/N=C2/S/C(=C\c3cccc4nccnc34)C(=O)N2C)s1. The van der Waals surface area contributed by atoms with Crippen molar-refractivity contribution in [3.63, 3.8) is 0 Å². The van der Waals surface area contributed by atoms with Crippen molar-refractivity contribution in [2.75, 3.05) is 7.05 Å². The van der Waals surface area contributed by atoms with Crippen LogP contribution < -0.4 is 0 Å². The highest BCUT2D eigenvalue weighted by molar-refractivity contribution is 8.18. The first-order valence-electron chi connectivity index (χ1n) is 8.79. The zero-order valence-corrected chi connectivity index (χ0v) is 17.3. The van der Waals surface area contributed by atoms with Crippen LogP contribution in [-0.2, 0) is 11.2 Å². The van der Waals surface area contributed by atoms with E-state index in [9.17, 15) is 4.79 Å². The average molecular weight is 411 g/mol. The van der Waals surface area contributed by atoms with Crippen LogP contribution in [0.1, 0.15) is 24.4 Å². The van der Waals surface area contributed by atoms with E-state index in [2.05, 4.69) is 39.0 Å². The molecule has 7 nitrogen and oxygen atoms in total. The van der Waals surface area contributed by atoms with Crippen molar-refractivity contribution >= 4 is 56.4 Å². The largest absolute Gasteiger partial charge is 0.289 e. The number of likely N-dealkylation sites (N-methyl/N-ethyl adjacent to an activating group) is 1. The van der Waals surface area contributed by atoms with Gasteiger partial charge in [-0.1, -0.05) is 37.3 Å². The molecule has 0 radical (unpaired) electrons. The summed E-state index contributed by atoms with van der Waals surface area (Å²) in [5.41, 5.74) is 2.41. The molecule has 0 spiro atoms. The Balaban J connectivity index is 1.63. The quantitative estimate of drug-likeness (QED) is 0.606. The van der Waals surface area contributed by atoms with Crippen LogP contribution in [0.2, 0.25) is 0 Å². The van der Waals surface area contributed by atoms with Gasteiger partial charge in [0.1, 0.15) is 5.01 Å². The van der Waals surface area contributed by atoms with Crippen LogP contribution in [0.3, 0.4) is 0 Å². The fourth-order valence-corrected chi connectivity index (χ4v) is 4.67. The maximum Gasteiger partial charge on any atom is 0.266 e. The molecule has 1 aromatic carbocycles.